The fourth-order valence-corrected chi connectivity index (χ4v) is 1.23. The highest BCUT2D eigenvalue weighted by atomic mass is 19.1. The Kier molecular flexibility index (Phi) is 3.44. The van der Waals surface area contributed by atoms with Crippen LogP contribution in [0, 0.1) is 5.82 Å². The molecule has 3 N–H and O–H groups in total. The van der Waals surface area contributed by atoms with Gasteiger partial charge < -0.3 is 15.7 Å². The minimum Gasteiger partial charge on any atom is -0.480 e. The van der Waals surface area contributed by atoms with E-state index in [-0.39, 0.29) is 11.3 Å². The van der Waals surface area contributed by atoms with Crippen LogP contribution in [-0.2, 0) is 4.79 Å². The number of hydrogen-bond acceptors (Lipinski definition) is 3. The highest BCUT2D eigenvalue weighted by molar-refractivity contribution is 5.96. The van der Waals surface area contributed by atoms with Gasteiger partial charge in [0.15, 0.2) is 0 Å². The molecule has 6 heteroatoms. The van der Waals surface area contributed by atoms with Crippen molar-refractivity contribution in [1.82, 2.24) is 4.90 Å². The van der Waals surface area contributed by atoms with E-state index in [1.54, 1.807) is 0 Å². The molecular weight excluding hydrogens is 215 g/mol. The Morgan fingerprint density at radius 1 is 1.44 bits per heavy atom. The second-order valence-corrected chi connectivity index (χ2v) is 3.33. The van der Waals surface area contributed by atoms with Crippen LogP contribution in [0.5, 0.6) is 0 Å². The number of rotatable bonds is 3. The number of hydrogen-bond donors (Lipinski definition) is 2. The molecule has 0 saturated carbocycles. The van der Waals surface area contributed by atoms with E-state index in [9.17, 15) is 14.0 Å². The predicted octanol–water partition coefficient (Wildman–Crippen LogP) is 0.565. The number of nitrogen functional groups attached to an aromatic ring is 1. The van der Waals surface area contributed by atoms with E-state index in [1.807, 2.05) is 0 Å². The number of likely N-dealkylation sites (N-methyl/N-ethyl adjacent to an activating group) is 1. The molecule has 1 rings (SSSR count). The molecule has 0 fully saturated rings. The Hall–Kier alpha value is -2.11. The molecule has 0 saturated heterocycles. The summed E-state index contributed by atoms with van der Waals surface area (Å²) in [5, 5.41) is 8.50. The second-order valence-electron chi connectivity index (χ2n) is 3.33. The zero-order valence-electron chi connectivity index (χ0n) is 8.61. The first-order valence-electron chi connectivity index (χ1n) is 4.43. The molecule has 0 spiro atoms. The first kappa shape index (κ1) is 12.0. The number of anilines is 1. The van der Waals surface area contributed by atoms with Gasteiger partial charge >= 0.3 is 5.97 Å². The summed E-state index contributed by atoms with van der Waals surface area (Å²) >= 11 is 0. The van der Waals surface area contributed by atoms with Crippen LogP contribution >= 0.6 is 0 Å². The lowest BCUT2D eigenvalue weighted by atomic mass is 10.1. The standard InChI is InChI=1S/C10H11FN2O3/c1-13(5-9(14)15)10(16)6-2-7(11)4-8(12)3-6/h2-4H,5,12H2,1H3,(H,14,15). The van der Waals surface area contributed by atoms with E-state index in [0.29, 0.717) is 0 Å². The third-order valence-corrected chi connectivity index (χ3v) is 1.89. The highest BCUT2D eigenvalue weighted by Crippen LogP contribution is 2.12. The van der Waals surface area contributed by atoms with Gasteiger partial charge in [0.1, 0.15) is 12.4 Å². The maximum absolute atomic E-state index is 12.9. The SMILES string of the molecule is CN(CC(=O)O)C(=O)c1cc(N)cc(F)c1. The van der Waals surface area contributed by atoms with Crippen molar-refractivity contribution in [2.24, 2.45) is 0 Å². The van der Waals surface area contributed by atoms with Crippen molar-refractivity contribution in [2.45, 2.75) is 0 Å². The van der Waals surface area contributed by atoms with E-state index < -0.39 is 24.2 Å². The number of halogens is 1. The molecule has 0 bridgehead atoms. The molecule has 0 heterocycles. The first-order chi connectivity index (χ1) is 7.40. The lowest BCUT2D eigenvalue weighted by Gasteiger charge is -2.14. The average molecular weight is 226 g/mol. The minimum atomic E-state index is -1.14. The average Bonchev–Trinajstić information content (AvgIpc) is 2.13. The van der Waals surface area contributed by atoms with Gasteiger partial charge in [-0.3, -0.25) is 9.59 Å². The van der Waals surface area contributed by atoms with Gasteiger partial charge in [-0.2, -0.15) is 0 Å². The van der Waals surface area contributed by atoms with Gasteiger partial charge in [0.2, 0.25) is 0 Å². The van der Waals surface area contributed by atoms with Crippen molar-refractivity contribution in [3.63, 3.8) is 0 Å². The molecule has 1 amide bonds. The maximum atomic E-state index is 12.9. The Morgan fingerprint density at radius 2 is 2.06 bits per heavy atom. The molecule has 16 heavy (non-hydrogen) atoms. The topological polar surface area (TPSA) is 83.6 Å². The Labute approximate surface area is 91.3 Å². The molecular formula is C10H11FN2O3. The van der Waals surface area contributed by atoms with E-state index in [4.69, 9.17) is 10.8 Å². The summed E-state index contributed by atoms with van der Waals surface area (Å²) in [6.45, 7) is -0.449. The smallest absolute Gasteiger partial charge is 0.323 e. The van der Waals surface area contributed by atoms with Crippen LogP contribution in [0.1, 0.15) is 10.4 Å². The van der Waals surface area contributed by atoms with Crippen LogP contribution in [0.25, 0.3) is 0 Å². The lowest BCUT2D eigenvalue weighted by molar-refractivity contribution is -0.137. The number of carbonyl (C=O) groups excluding carboxylic acids is 1. The molecule has 0 radical (unpaired) electrons. The summed E-state index contributed by atoms with van der Waals surface area (Å²) < 4.78 is 12.9. The minimum absolute atomic E-state index is 0.0289. The molecule has 0 aliphatic rings. The number of amides is 1. The molecule has 0 aliphatic carbocycles. The molecule has 0 unspecified atom stereocenters. The maximum Gasteiger partial charge on any atom is 0.323 e. The van der Waals surface area contributed by atoms with Gasteiger partial charge in [0, 0.05) is 18.3 Å². The van der Waals surface area contributed by atoms with Gasteiger partial charge in [0.05, 0.1) is 0 Å². The predicted molar refractivity (Wildman–Crippen MR) is 55.4 cm³/mol. The third-order valence-electron chi connectivity index (χ3n) is 1.89. The van der Waals surface area contributed by atoms with Gasteiger partial charge in [-0.25, -0.2) is 4.39 Å². The second kappa shape index (κ2) is 4.61. The van der Waals surface area contributed by atoms with Gasteiger partial charge in [-0.1, -0.05) is 0 Å². The summed E-state index contributed by atoms with van der Waals surface area (Å²) in [4.78, 5) is 23.0. The van der Waals surface area contributed by atoms with Crippen molar-refractivity contribution < 1.29 is 19.1 Å². The van der Waals surface area contributed by atoms with E-state index in [2.05, 4.69) is 0 Å². The van der Waals surface area contributed by atoms with Crippen LogP contribution in [0.2, 0.25) is 0 Å². The number of nitrogens with zero attached hydrogens (tertiary/aromatic N) is 1. The fourth-order valence-electron chi connectivity index (χ4n) is 1.23. The van der Waals surface area contributed by atoms with Crippen LogP contribution in [0.4, 0.5) is 10.1 Å². The van der Waals surface area contributed by atoms with Crippen LogP contribution in [0.15, 0.2) is 18.2 Å². The Balaban J connectivity index is 2.91. The van der Waals surface area contributed by atoms with Crippen LogP contribution in [0.3, 0.4) is 0 Å². The lowest BCUT2D eigenvalue weighted by Crippen LogP contribution is -2.32. The summed E-state index contributed by atoms with van der Waals surface area (Å²) in [5.74, 6) is -2.36. The molecule has 5 nitrogen and oxygen atoms in total. The Bertz CT molecular complexity index is 414. The number of nitrogens with two attached hydrogens (primary N) is 1. The van der Waals surface area contributed by atoms with Crippen molar-refractivity contribution in [3.05, 3.63) is 29.6 Å². The van der Waals surface area contributed by atoms with Crippen LogP contribution < -0.4 is 5.73 Å². The highest BCUT2D eigenvalue weighted by Gasteiger charge is 2.15. The number of aliphatic carboxylic acids is 1. The summed E-state index contributed by atoms with van der Waals surface area (Å²) in [6, 6.07) is 3.38. The molecule has 86 valence electrons. The number of carboxylic acids is 1. The fraction of sp³-hybridized carbons (Fsp3) is 0.200. The van der Waals surface area contributed by atoms with Gasteiger partial charge in [-0.05, 0) is 18.2 Å². The summed E-state index contributed by atoms with van der Waals surface area (Å²) in [7, 11) is 1.32. The van der Waals surface area contributed by atoms with Crippen molar-refractivity contribution in [2.75, 3.05) is 19.3 Å². The van der Waals surface area contributed by atoms with Gasteiger partial charge in [-0.15, -0.1) is 0 Å². The molecule has 0 aromatic heterocycles. The summed E-state index contributed by atoms with van der Waals surface area (Å²) in [6.07, 6.45) is 0. The first-order valence-corrected chi connectivity index (χ1v) is 4.43. The van der Waals surface area contributed by atoms with Crippen molar-refractivity contribution in [1.29, 1.82) is 0 Å². The van der Waals surface area contributed by atoms with Gasteiger partial charge in [0.25, 0.3) is 5.91 Å². The quantitative estimate of drug-likeness (QED) is 0.738. The monoisotopic (exact) mass is 226 g/mol. The van der Waals surface area contributed by atoms with Crippen molar-refractivity contribution in [3.8, 4) is 0 Å². The normalized spacial score (nSPS) is 9.88. The zero-order valence-corrected chi connectivity index (χ0v) is 8.61. The molecule has 1 aromatic rings. The number of carboxylic acid groups (broad SMARTS) is 1. The molecule has 0 atom stereocenters. The van der Waals surface area contributed by atoms with Crippen LogP contribution in [-0.4, -0.2) is 35.5 Å². The molecule has 1 aromatic carbocycles. The Morgan fingerprint density at radius 3 is 2.56 bits per heavy atom. The van der Waals surface area contributed by atoms with E-state index in [0.717, 1.165) is 17.0 Å². The molecule has 0 aliphatic heterocycles. The number of carbonyl (C=O) groups is 2. The third kappa shape index (κ3) is 2.94. The largest absolute Gasteiger partial charge is 0.480 e. The van der Waals surface area contributed by atoms with E-state index in [1.165, 1.54) is 13.1 Å². The zero-order chi connectivity index (χ0) is 12.3. The van der Waals surface area contributed by atoms with E-state index >= 15 is 0 Å². The number of benzene rings is 1. The van der Waals surface area contributed by atoms with Crippen molar-refractivity contribution >= 4 is 17.6 Å². The summed E-state index contributed by atoms with van der Waals surface area (Å²) in [5.41, 5.74) is 5.52.